The molecule has 0 spiro atoms. The quantitative estimate of drug-likeness (QED) is 0.0280. The van der Waals surface area contributed by atoms with Crippen molar-refractivity contribution in [3.05, 3.63) is 158 Å². The summed E-state index contributed by atoms with van der Waals surface area (Å²) in [5, 5.41) is 0. The minimum atomic E-state index is -0.849. The molecule has 0 aliphatic heterocycles. The number of ether oxygens (including phenoxy) is 3. The van der Waals surface area contributed by atoms with Gasteiger partial charge in [-0.2, -0.15) is 0 Å². The highest BCUT2D eigenvalue weighted by molar-refractivity contribution is 5.71. The molecule has 6 nitrogen and oxygen atoms in total. The van der Waals surface area contributed by atoms with Crippen LogP contribution in [0.5, 0.6) is 0 Å². The molecule has 0 amide bonds. The van der Waals surface area contributed by atoms with Crippen LogP contribution in [0.3, 0.4) is 0 Å². The lowest BCUT2D eigenvalue weighted by atomic mass is 10.1. The number of unbranched alkanes of at least 4 members (excludes halogenated alkanes) is 7. The molecule has 0 N–H and O–H groups in total. The Morgan fingerprint density at radius 1 is 0.351 bits per heavy atom. The number of hydrogen-bond donors (Lipinski definition) is 0. The molecule has 0 fully saturated rings. The summed E-state index contributed by atoms with van der Waals surface area (Å²) < 4.78 is 16.5. The van der Waals surface area contributed by atoms with Gasteiger partial charge in [-0.15, -0.1) is 0 Å². The lowest BCUT2D eigenvalue weighted by Crippen LogP contribution is -2.30. The summed E-state index contributed by atoms with van der Waals surface area (Å²) in [5.41, 5.74) is 0. The van der Waals surface area contributed by atoms with Crippen molar-refractivity contribution < 1.29 is 28.6 Å². The highest BCUT2D eigenvalue weighted by Gasteiger charge is 2.19. The van der Waals surface area contributed by atoms with Crippen LogP contribution >= 0.6 is 0 Å². The lowest BCUT2D eigenvalue weighted by molar-refractivity contribution is -0.167. The van der Waals surface area contributed by atoms with E-state index >= 15 is 0 Å². The number of carbonyl (C=O) groups excluding carboxylic acids is 3. The van der Waals surface area contributed by atoms with Gasteiger partial charge in [-0.25, -0.2) is 0 Å². The molecule has 0 rings (SSSR count). The molecule has 0 aliphatic rings. The van der Waals surface area contributed by atoms with E-state index in [1.54, 1.807) is 0 Å². The van der Waals surface area contributed by atoms with Crippen molar-refractivity contribution in [3.8, 4) is 0 Å². The van der Waals surface area contributed by atoms with Gasteiger partial charge in [0.2, 0.25) is 0 Å². The van der Waals surface area contributed by atoms with Crippen LogP contribution in [-0.4, -0.2) is 37.2 Å². The van der Waals surface area contributed by atoms with Crippen molar-refractivity contribution in [1.29, 1.82) is 0 Å². The number of hydrogen-bond acceptors (Lipinski definition) is 6. The minimum absolute atomic E-state index is 0.146. The van der Waals surface area contributed by atoms with Gasteiger partial charge in [-0.3, -0.25) is 14.4 Å². The predicted octanol–water partition coefficient (Wildman–Crippen LogP) is 13.5. The van der Waals surface area contributed by atoms with Crippen LogP contribution in [0, 0.1) is 0 Å². The van der Waals surface area contributed by atoms with Crippen molar-refractivity contribution in [1.82, 2.24) is 0 Å². The monoisotopic (exact) mass is 781 g/mol. The first-order valence-corrected chi connectivity index (χ1v) is 21.2. The van der Waals surface area contributed by atoms with E-state index in [-0.39, 0.29) is 50.4 Å². The number of allylic oxidation sites excluding steroid dienone is 26. The molecule has 0 bridgehead atoms. The SMILES string of the molecule is CC\C=C/C=C\C=C/C=C\C=C/CCCC(=O)OCC(COC(=O)CCCCC\C=C/C=C\C=C/C=C\CC)OC(=O)CCCCC\C=C/C=C\C=C/C=C\CC. The van der Waals surface area contributed by atoms with Gasteiger partial charge in [-0.1, -0.05) is 192 Å². The summed E-state index contributed by atoms with van der Waals surface area (Å²) in [5.74, 6) is -1.12. The molecule has 0 aromatic carbocycles. The normalized spacial score (nSPS) is 13.7. The van der Waals surface area contributed by atoms with Crippen molar-refractivity contribution in [2.24, 2.45) is 0 Å². The van der Waals surface area contributed by atoms with Gasteiger partial charge in [0, 0.05) is 19.3 Å². The Morgan fingerprint density at radius 3 is 1.02 bits per heavy atom. The molecule has 0 saturated heterocycles. The third kappa shape index (κ3) is 42.0. The Hall–Kier alpha value is -4.97. The molecule has 0 aliphatic carbocycles. The van der Waals surface area contributed by atoms with Crippen molar-refractivity contribution in [2.45, 2.75) is 130 Å². The molecule has 312 valence electrons. The zero-order valence-corrected chi connectivity index (χ0v) is 35.3. The van der Waals surface area contributed by atoms with Crippen LogP contribution in [0.1, 0.15) is 124 Å². The summed E-state index contributed by atoms with van der Waals surface area (Å²) in [6, 6.07) is 0. The highest BCUT2D eigenvalue weighted by atomic mass is 16.6. The first-order chi connectivity index (χ1) is 28.0. The summed E-state index contributed by atoms with van der Waals surface area (Å²) in [4.78, 5) is 37.6. The van der Waals surface area contributed by atoms with Crippen molar-refractivity contribution in [3.63, 3.8) is 0 Å². The topological polar surface area (TPSA) is 78.9 Å². The Kier molecular flexibility index (Phi) is 39.9. The van der Waals surface area contributed by atoms with E-state index in [9.17, 15) is 14.4 Å². The van der Waals surface area contributed by atoms with E-state index in [0.717, 1.165) is 64.2 Å². The van der Waals surface area contributed by atoms with Crippen LogP contribution in [0.15, 0.2) is 158 Å². The van der Waals surface area contributed by atoms with E-state index in [1.165, 1.54) is 0 Å². The Labute approximate surface area is 346 Å². The van der Waals surface area contributed by atoms with Crippen LogP contribution < -0.4 is 0 Å². The fourth-order valence-corrected chi connectivity index (χ4v) is 4.72. The molecule has 0 heterocycles. The average Bonchev–Trinajstić information content (AvgIpc) is 3.21. The highest BCUT2D eigenvalue weighted by Crippen LogP contribution is 2.10. The maximum Gasteiger partial charge on any atom is 0.306 e. The van der Waals surface area contributed by atoms with Gasteiger partial charge >= 0.3 is 17.9 Å². The Morgan fingerprint density at radius 2 is 0.649 bits per heavy atom. The van der Waals surface area contributed by atoms with E-state index in [0.29, 0.717) is 19.3 Å². The summed E-state index contributed by atoms with van der Waals surface area (Å²) in [6.45, 7) is 6.01. The molecule has 0 saturated carbocycles. The van der Waals surface area contributed by atoms with Gasteiger partial charge in [0.1, 0.15) is 13.2 Å². The van der Waals surface area contributed by atoms with E-state index in [1.807, 2.05) is 128 Å². The number of carbonyl (C=O) groups is 3. The Bertz CT molecular complexity index is 1410. The van der Waals surface area contributed by atoms with Gasteiger partial charge in [0.15, 0.2) is 6.10 Å². The predicted molar refractivity (Wildman–Crippen MR) is 242 cm³/mol. The van der Waals surface area contributed by atoms with Crippen molar-refractivity contribution in [2.75, 3.05) is 13.2 Å². The van der Waals surface area contributed by atoms with Crippen LogP contribution in [-0.2, 0) is 28.6 Å². The fourth-order valence-electron chi connectivity index (χ4n) is 4.72. The second-order valence-corrected chi connectivity index (χ2v) is 13.1. The van der Waals surface area contributed by atoms with E-state index < -0.39 is 6.10 Å². The summed E-state index contributed by atoms with van der Waals surface area (Å²) in [7, 11) is 0. The third-order valence-corrected chi connectivity index (χ3v) is 7.83. The summed E-state index contributed by atoms with van der Waals surface area (Å²) >= 11 is 0. The Balaban J connectivity index is 4.70. The molecule has 0 aromatic rings. The summed E-state index contributed by atoms with van der Waals surface area (Å²) in [6.07, 6.45) is 63.8. The third-order valence-electron chi connectivity index (χ3n) is 7.83. The molecule has 6 heteroatoms. The zero-order valence-electron chi connectivity index (χ0n) is 35.3. The van der Waals surface area contributed by atoms with Gasteiger partial charge < -0.3 is 14.2 Å². The van der Waals surface area contributed by atoms with E-state index in [4.69, 9.17) is 14.2 Å². The lowest BCUT2D eigenvalue weighted by Gasteiger charge is -2.18. The smallest absolute Gasteiger partial charge is 0.306 e. The maximum absolute atomic E-state index is 12.7. The number of esters is 3. The zero-order chi connectivity index (χ0) is 41.5. The molecule has 1 atom stereocenters. The van der Waals surface area contributed by atoms with E-state index in [2.05, 4.69) is 51.2 Å². The molecule has 0 radical (unpaired) electrons. The van der Waals surface area contributed by atoms with Crippen LogP contribution in [0.4, 0.5) is 0 Å². The fraction of sp³-hybridized carbons (Fsp3) is 0.431. The maximum atomic E-state index is 12.7. The average molecular weight is 781 g/mol. The standard InChI is InChI=1S/C51H72O6/c1-4-7-10-13-16-19-22-25-28-31-34-37-40-43-49(52)55-46-48(57-51(54)45-42-39-36-33-30-27-24-21-18-15-12-9-6-3)47-56-50(53)44-41-38-35-32-29-26-23-20-17-14-11-8-5-2/h7-31,34,48H,4-6,32-33,35-47H2,1-3H3/b10-7-,11-8-,12-9-,16-13-,17-14-,18-15-,22-19-,23-20-,24-21-,28-25-,29-26-,30-27-,34-31-. The molecular formula is C51H72O6. The second kappa shape index (κ2) is 43.8. The van der Waals surface area contributed by atoms with Crippen molar-refractivity contribution >= 4 is 17.9 Å². The molecular weight excluding hydrogens is 709 g/mol. The molecule has 57 heavy (non-hydrogen) atoms. The number of rotatable bonds is 34. The molecule has 0 aromatic heterocycles. The molecule has 1 unspecified atom stereocenters. The minimum Gasteiger partial charge on any atom is -0.462 e. The first-order valence-electron chi connectivity index (χ1n) is 21.2. The van der Waals surface area contributed by atoms with Gasteiger partial charge in [-0.05, 0) is 70.6 Å². The van der Waals surface area contributed by atoms with Gasteiger partial charge in [0.05, 0.1) is 0 Å². The van der Waals surface area contributed by atoms with Gasteiger partial charge in [0.25, 0.3) is 0 Å². The first kappa shape index (κ1) is 52.0. The van der Waals surface area contributed by atoms with Crippen LogP contribution in [0.25, 0.3) is 0 Å². The second-order valence-electron chi connectivity index (χ2n) is 13.1. The van der Waals surface area contributed by atoms with Crippen LogP contribution in [0.2, 0.25) is 0 Å². The largest absolute Gasteiger partial charge is 0.462 e.